The van der Waals surface area contributed by atoms with Gasteiger partial charge in [-0.2, -0.15) is 0 Å². The third kappa shape index (κ3) is 3.87. The van der Waals surface area contributed by atoms with Gasteiger partial charge in [-0.25, -0.2) is 4.79 Å². The summed E-state index contributed by atoms with van der Waals surface area (Å²) in [6.45, 7) is 7.48. The number of ether oxygens (including phenoxy) is 1. The highest BCUT2D eigenvalue weighted by Gasteiger charge is 2.16. The van der Waals surface area contributed by atoms with E-state index in [2.05, 4.69) is 5.32 Å². The third-order valence-corrected chi connectivity index (χ3v) is 3.20. The molecular formula is C17H22N2O3. The van der Waals surface area contributed by atoms with Crippen molar-refractivity contribution >= 4 is 22.9 Å². The molecule has 2 aromatic rings. The van der Waals surface area contributed by atoms with Crippen LogP contribution in [0.25, 0.3) is 10.9 Å². The summed E-state index contributed by atoms with van der Waals surface area (Å²) in [6, 6.07) is 7.75. The van der Waals surface area contributed by atoms with E-state index in [0.717, 1.165) is 16.5 Å². The second kappa shape index (κ2) is 6.22. The lowest BCUT2D eigenvalue weighted by Crippen LogP contribution is -2.33. The van der Waals surface area contributed by atoms with Gasteiger partial charge in [0.2, 0.25) is 5.91 Å². The number of para-hydroxylation sites is 1. The van der Waals surface area contributed by atoms with Gasteiger partial charge in [0.1, 0.15) is 5.60 Å². The molecule has 1 amide bonds. The molecule has 118 valence electrons. The number of benzene rings is 1. The Morgan fingerprint density at radius 1 is 1.23 bits per heavy atom. The van der Waals surface area contributed by atoms with E-state index >= 15 is 0 Å². The highest BCUT2D eigenvalue weighted by atomic mass is 16.6. The zero-order valence-electron chi connectivity index (χ0n) is 13.5. The lowest BCUT2D eigenvalue weighted by molar-refractivity contribution is 0.0528. The Labute approximate surface area is 130 Å². The molecule has 5 heteroatoms. The van der Waals surface area contributed by atoms with Crippen LogP contribution in [0.3, 0.4) is 0 Å². The van der Waals surface area contributed by atoms with Crippen LogP contribution in [0, 0.1) is 0 Å². The summed E-state index contributed by atoms with van der Waals surface area (Å²) in [5.74, 6) is -0.0254. The van der Waals surface area contributed by atoms with Crippen LogP contribution >= 0.6 is 0 Å². The van der Waals surface area contributed by atoms with Crippen molar-refractivity contribution in [3.63, 3.8) is 0 Å². The highest BCUT2D eigenvalue weighted by Crippen LogP contribution is 2.21. The van der Waals surface area contributed by atoms with Crippen molar-refractivity contribution in [1.82, 2.24) is 9.88 Å². The number of hydrogen-bond donors (Lipinski definition) is 1. The Balaban J connectivity index is 2.06. The quantitative estimate of drug-likeness (QED) is 0.945. The number of carbonyl (C=O) groups excluding carboxylic acids is 2. The van der Waals surface area contributed by atoms with Gasteiger partial charge in [0.05, 0.1) is 5.52 Å². The van der Waals surface area contributed by atoms with Crippen LogP contribution in [0.2, 0.25) is 0 Å². The first-order valence-electron chi connectivity index (χ1n) is 7.35. The minimum absolute atomic E-state index is 0.0254. The maximum atomic E-state index is 11.7. The summed E-state index contributed by atoms with van der Waals surface area (Å²) < 4.78 is 6.83. The fraction of sp³-hybridized carbons (Fsp3) is 0.412. The van der Waals surface area contributed by atoms with Crippen LogP contribution in [-0.2, 0) is 11.2 Å². The topological polar surface area (TPSA) is 60.3 Å². The molecule has 1 aromatic carbocycles. The van der Waals surface area contributed by atoms with Crippen molar-refractivity contribution in [2.75, 3.05) is 6.54 Å². The molecule has 1 aromatic heterocycles. The van der Waals surface area contributed by atoms with E-state index in [1.807, 2.05) is 51.2 Å². The van der Waals surface area contributed by atoms with Crippen LogP contribution < -0.4 is 5.32 Å². The Morgan fingerprint density at radius 2 is 1.91 bits per heavy atom. The van der Waals surface area contributed by atoms with Crippen molar-refractivity contribution in [3.8, 4) is 0 Å². The SMILES string of the molecule is CC(=O)n1cc(CCNC(=O)OC(C)(C)C)c2ccccc21. The molecule has 0 fully saturated rings. The Bertz CT molecular complexity index is 695. The molecule has 2 rings (SSSR count). The third-order valence-electron chi connectivity index (χ3n) is 3.20. The molecule has 1 N–H and O–H groups in total. The smallest absolute Gasteiger partial charge is 0.407 e. The molecule has 0 atom stereocenters. The minimum atomic E-state index is -0.505. The van der Waals surface area contributed by atoms with Crippen LogP contribution in [0.15, 0.2) is 30.5 Å². The molecule has 0 saturated heterocycles. The maximum Gasteiger partial charge on any atom is 0.407 e. The first-order valence-corrected chi connectivity index (χ1v) is 7.35. The molecule has 5 nitrogen and oxygen atoms in total. The van der Waals surface area contributed by atoms with Crippen LogP contribution in [-0.4, -0.2) is 28.7 Å². The van der Waals surface area contributed by atoms with Crippen LogP contribution in [0.1, 0.15) is 38.1 Å². The number of amides is 1. The Kier molecular flexibility index (Phi) is 4.54. The zero-order chi connectivity index (χ0) is 16.3. The van der Waals surface area contributed by atoms with Crippen molar-refractivity contribution in [2.45, 2.75) is 39.7 Å². The van der Waals surface area contributed by atoms with Crippen molar-refractivity contribution in [2.24, 2.45) is 0 Å². The second-order valence-electron chi connectivity index (χ2n) is 6.24. The van der Waals surface area contributed by atoms with Gasteiger partial charge < -0.3 is 10.1 Å². The van der Waals surface area contributed by atoms with Gasteiger partial charge in [-0.3, -0.25) is 9.36 Å². The molecule has 0 spiro atoms. The standard InChI is InChI=1S/C17H22N2O3/c1-12(20)19-11-13(14-7-5-6-8-15(14)19)9-10-18-16(21)22-17(2,3)4/h5-8,11H,9-10H2,1-4H3,(H,18,21). The zero-order valence-corrected chi connectivity index (χ0v) is 13.5. The van der Waals surface area contributed by atoms with Crippen molar-refractivity contribution in [3.05, 3.63) is 36.0 Å². The number of aromatic nitrogens is 1. The van der Waals surface area contributed by atoms with Gasteiger partial charge in [-0.05, 0) is 38.8 Å². The van der Waals surface area contributed by atoms with Gasteiger partial charge >= 0.3 is 6.09 Å². The van der Waals surface area contributed by atoms with Gasteiger partial charge in [0.15, 0.2) is 0 Å². The highest BCUT2D eigenvalue weighted by molar-refractivity contribution is 5.93. The molecule has 0 radical (unpaired) electrons. The Hall–Kier alpha value is -2.30. The molecule has 0 aliphatic heterocycles. The second-order valence-corrected chi connectivity index (χ2v) is 6.24. The normalized spacial score (nSPS) is 11.5. The fourth-order valence-electron chi connectivity index (χ4n) is 2.32. The van der Waals surface area contributed by atoms with Gasteiger partial charge in [-0.1, -0.05) is 18.2 Å². The van der Waals surface area contributed by atoms with Crippen molar-refractivity contribution < 1.29 is 14.3 Å². The average molecular weight is 302 g/mol. The Morgan fingerprint density at radius 3 is 2.55 bits per heavy atom. The first-order chi connectivity index (χ1) is 10.3. The van der Waals surface area contributed by atoms with Crippen LogP contribution in [0.5, 0.6) is 0 Å². The number of fused-ring (bicyclic) bond motifs is 1. The monoisotopic (exact) mass is 302 g/mol. The van der Waals surface area contributed by atoms with E-state index in [1.54, 1.807) is 4.57 Å². The summed E-state index contributed by atoms with van der Waals surface area (Å²) in [4.78, 5) is 23.3. The molecule has 0 saturated carbocycles. The summed E-state index contributed by atoms with van der Waals surface area (Å²) in [7, 11) is 0. The van der Waals surface area contributed by atoms with E-state index < -0.39 is 11.7 Å². The molecule has 0 aliphatic carbocycles. The summed E-state index contributed by atoms with van der Waals surface area (Å²) in [5.41, 5.74) is 1.42. The number of carbonyl (C=O) groups is 2. The number of alkyl carbamates (subject to hydrolysis) is 1. The van der Waals surface area contributed by atoms with Crippen LogP contribution in [0.4, 0.5) is 4.79 Å². The summed E-state index contributed by atoms with van der Waals surface area (Å²) in [5, 5.41) is 3.77. The first kappa shape index (κ1) is 16.1. The predicted molar refractivity (Wildman–Crippen MR) is 86.2 cm³/mol. The number of hydrogen-bond acceptors (Lipinski definition) is 3. The van der Waals surface area contributed by atoms with E-state index in [0.29, 0.717) is 13.0 Å². The lowest BCUT2D eigenvalue weighted by atomic mass is 10.1. The molecular weight excluding hydrogens is 280 g/mol. The minimum Gasteiger partial charge on any atom is -0.444 e. The largest absolute Gasteiger partial charge is 0.444 e. The van der Waals surface area contributed by atoms with Crippen molar-refractivity contribution in [1.29, 1.82) is 0 Å². The molecule has 22 heavy (non-hydrogen) atoms. The van der Waals surface area contributed by atoms with E-state index in [-0.39, 0.29) is 5.91 Å². The summed E-state index contributed by atoms with van der Waals surface area (Å²) >= 11 is 0. The van der Waals surface area contributed by atoms with E-state index in [4.69, 9.17) is 4.74 Å². The molecule has 0 bridgehead atoms. The molecule has 0 unspecified atom stereocenters. The predicted octanol–water partition coefficient (Wildman–Crippen LogP) is 3.37. The number of rotatable bonds is 3. The summed E-state index contributed by atoms with van der Waals surface area (Å²) in [6.07, 6.45) is 2.05. The van der Waals surface area contributed by atoms with E-state index in [1.165, 1.54) is 6.92 Å². The molecule has 1 heterocycles. The number of nitrogens with one attached hydrogen (secondary N) is 1. The maximum absolute atomic E-state index is 11.7. The fourth-order valence-corrected chi connectivity index (χ4v) is 2.32. The molecule has 0 aliphatic rings. The van der Waals surface area contributed by atoms with E-state index in [9.17, 15) is 9.59 Å². The van der Waals surface area contributed by atoms with Gasteiger partial charge in [0.25, 0.3) is 0 Å². The van der Waals surface area contributed by atoms with Gasteiger partial charge in [-0.15, -0.1) is 0 Å². The number of nitrogens with zero attached hydrogens (tertiary/aromatic N) is 1. The lowest BCUT2D eigenvalue weighted by Gasteiger charge is -2.19. The average Bonchev–Trinajstić information content (AvgIpc) is 2.76. The van der Waals surface area contributed by atoms with Gasteiger partial charge in [0, 0.05) is 25.1 Å².